The molecular weight excluding hydrogens is 156 g/mol. The first-order chi connectivity index (χ1) is 4.97. The maximum absolute atomic E-state index is 10.4. The van der Waals surface area contributed by atoms with Crippen molar-refractivity contribution in [2.75, 3.05) is 0 Å². The number of carbonyl (C=O) groups is 1. The minimum atomic E-state index is -1.28. The SMILES string of the molecule is C[Si](C)(C)C#CC1CC(=O)O1. The lowest BCUT2D eigenvalue weighted by atomic mass is 10.2. The fraction of sp³-hybridized carbons (Fsp3) is 0.625. The van der Waals surface area contributed by atoms with Crippen LogP contribution in [0.15, 0.2) is 0 Å². The second-order valence-corrected chi connectivity index (χ2v) is 8.45. The first-order valence-corrected chi connectivity index (χ1v) is 7.19. The van der Waals surface area contributed by atoms with Crippen LogP contribution in [0.2, 0.25) is 19.6 Å². The van der Waals surface area contributed by atoms with Crippen molar-refractivity contribution < 1.29 is 9.53 Å². The lowest BCUT2D eigenvalue weighted by Crippen LogP contribution is -2.32. The van der Waals surface area contributed by atoms with E-state index in [0.29, 0.717) is 6.42 Å². The minimum absolute atomic E-state index is 0.103. The number of hydrogen-bond donors (Lipinski definition) is 0. The Balaban J connectivity index is 2.40. The van der Waals surface area contributed by atoms with Crippen molar-refractivity contribution in [1.82, 2.24) is 0 Å². The Labute approximate surface area is 67.9 Å². The van der Waals surface area contributed by atoms with Crippen LogP contribution in [0.25, 0.3) is 0 Å². The molecule has 0 spiro atoms. The summed E-state index contributed by atoms with van der Waals surface area (Å²) in [6, 6.07) is 0. The molecule has 0 aliphatic carbocycles. The van der Waals surface area contributed by atoms with Gasteiger partial charge < -0.3 is 4.74 Å². The average molecular weight is 168 g/mol. The van der Waals surface area contributed by atoms with E-state index in [-0.39, 0.29) is 12.1 Å². The Kier molecular flexibility index (Phi) is 2.05. The lowest BCUT2D eigenvalue weighted by molar-refractivity contribution is -0.163. The van der Waals surface area contributed by atoms with E-state index in [1.54, 1.807) is 0 Å². The van der Waals surface area contributed by atoms with Gasteiger partial charge in [-0.3, -0.25) is 4.79 Å². The van der Waals surface area contributed by atoms with Crippen molar-refractivity contribution in [2.24, 2.45) is 0 Å². The average Bonchev–Trinajstić information content (AvgIpc) is 1.75. The zero-order valence-corrected chi connectivity index (χ0v) is 8.10. The van der Waals surface area contributed by atoms with Gasteiger partial charge in [0.15, 0.2) is 6.10 Å². The highest BCUT2D eigenvalue weighted by atomic mass is 28.3. The molecule has 0 aromatic heterocycles. The maximum Gasteiger partial charge on any atom is 0.311 e. The van der Waals surface area contributed by atoms with E-state index < -0.39 is 8.07 Å². The molecule has 2 nitrogen and oxygen atoms in total. The van der Waals surface area contributed by atoms with E-state index in [9.17, 15) is 4.79 Å². The second-order valence-electron chi connectivity index (χ2n) is 3.70. The van der Waals surface area contributed by atoms with Gasteiger partial charge in [-0.25, -0.2) is 0 Å². The van der Waals surface area contributed by atoms with E-state index >= 15 is 0 Å². The topological polar surface area (TPSA) is 26.3 Å². The molecule has 0 aromatic rings. The summed E-state index contributed by atoms with van der Waals surface area (Å²) in [5.41, 5.74) is 3.16. The zero-order chi connectivity index (χ0) is 8.48. The van der Waals surface area contributed by atoms with Crippen LogP contribution >= 0.6 is 0 Å². The molecule has 0 amide bonds. The first-order valence-electron chi connectivity index (χ1n) is 3.69. The van der Waals surface area contributed by atoms with Crippen LogP contribution in [-0.4, -0.2) is 20.1 Å². The quantitative estimate of drug-likeness (QED) is 0.308. The van der Waals surface area contributed by atoms with E-state index in [1.165, 1.54) is 0 Å². The van der Waals surface area contributed by atoms with E-state index in [2.05, 4.69) is 31.1 Å². The molecule has 0 saturated carbocycles. The number of hydrogen-bond acceptors (Lipinski definition) is 2. The van der Waals surface area contributed by atoms with Crippen molar-refractivity contribution >= 4 is 14.0 Å². The highest BCUT2D eigenvalue weighted by Crippen LogP contribution is 2.11. The molecule has 11 heavy (non-hydrogen) atoms. The molecule has 60 valence electrons. The Bertz CT molecular complexity index is 221. The van der Waals surface area contributed by atoms with Crippen LogP contribution in [0, 0.1) is 11.5 Å². The summed E-state index contributed by atoms with van der Waals surface area (Å²) in [4.78, 5) is 10.4. The molecule has 3 heteroatoms. The van der Waals surface area contributed by atoms with E-state index in [4.69, 9.17) is 4.74 Å². The maximum atomic E-state index is 10.4. The van der Waals surface area contributed by atoms with Crippen molar-refractivity contribution in [2.45, 2.75) is 32.2 Å². The van der Waals surface area contributed by atoms with Gasteiger partial charge in [0.2, 0.25) is 0 Å². The molecule has 1 aliphatic heterocycles. The summed E-state index contributed by atoms with van der Waals surface area (Å²) in [5, 5.41) is 0. The van der Waals surface area contributed by atoms with Gasteiger partial charge in [0.05, 0.1) is 6.42 Å². The molecule has 1 rings (SSSR count). The number of esters is 1. The third kappa shape index (κ3) is 2.77. The molecule has 0 N–H and O–H groups in total. The Morgan fingerprint density at radius 1 is 1.55 bits per heavy atom. The molecule has 0 aromatic carbocycles. The smallest absolute Gasteiger partial charge is 0.311 e. The minimum Gasteiger partial charge on any atom is -0.448 e. The molecule has 1 saturated heterocycles. The number of ether oxygens (including phenoxy) is 1. The molecule has 1 fully saturated rings. The molecule has 1 unspecified atom stereocenters. The third-order valence-corrected chi connectivity index (χ3v) is 2.13. The monoisotopic (exact) mass is 168 g/mol. The summed E-state index contributed by atoms with van der Waals surface area (Å²) in [7, 11) is -1.28. The third-order valence-electron chi connectivity index (χ3n) is 1.23. The van der Waals surface area contributed by atoms with Crippen molar-refractivity contribution in [3.8, 4) is 11.5 Å². The van der Waals surface area contributed by atoms with Crippen LogP contribution < -0.4 is 0 Å². The fourth-order valence-corrected chi connectivity index (χ4v) is 1.27. The van der Waals surface area contributed by atoms with Gasteiger partial charge in [-0.15, -0.1) is 5.54 Å². The fourth-order valence-electron chi connectivity index (χ4n) is 0.678. The molecule has 0 radical (unpaired) electrons. The standard InChI is InChI=1S/C8H12O2Si/c1-11(2,3)5-4-7-6-8(9)10-7/h7H,6H2,1-3H3. The van der Waals surface area contributed by atoms with Crippen LogP contribution in [0.1, 0.15) is 6.42 Å². The van der Waals surface area contributed by atoms with Crippen molar-refractivity contribution in [3.63, 3.8) is 0 Å². The highest BCUT2D eigenvalue weighted by molar-refractivity contribution is 6.83. The van der Waals surface area contributed by atoms with E-state index in [0.717, 1.165) is 0 Å². The summed E-state index contributed by atoms with van der Waals surface area (Å²) in [6.07, 6.45) is 0.381. The summed E-state index contributed by atoms with van der Waals surface area (Å²) < 4.78 is 4.74. The molecular formula is C8H12O2Si. The van der Waals surface area contributed by atoms with Crippen LogP contribution in [-0.2, 0) is 9.53 Å². The van der Waals surface area contributed by atoms with Gasteiger partial charge in [0.25, 0.3) is 0 Å². The molecule has 1 heterocycles. The van der Waals surface area contributed by atoms with E-state index in [1.807, 2.05) is 0 Å². The van der Waals surface area contributed by atoms with Gasteiger partial charge in [0, 0.05) is 0 Å². The number of carbonyl (C=O) groups excluding carboxylic acids is 1. The van der Waals surface area contributed by atoms with Crippen LogP contribution in [0.3, 0.4) is 0 Å². The number of rotatable bonds is 0. The predicted molar refractivity (Wildman–Crippen MR) is 45.6 cm³/mol. The van der Waals surface area contributed by atoms with Crippen molar-refractivity contribution in [3.05, 3.63) is 0 Å². The number of cyclic esters (lactones) is 1. The summed E-state index contributed by atoms with van der Waals surface area (Å²) in [5.74, 6) is 2.83. The predicted octanol–water partition coefficient (Wildman–Crippen LogP) is 1.18. The van der Waals surface area contributed by atoms with Crippen LogP contribution in [0.4, 0.5) is 0 Å². The van der Waals surface area contributed by atoms with Gasteiger partial charge in [-0.05, 0) is 0 Å². The van der Waals surface area contributed by atoms with Gasteiger partial charge in [0.1, 0.15) is 8.07 Å². The van der Waals surface area contributed by atoms with Gasteiger partial charge >= 0.3 is 5.97 Å². The molecule has 1 aliphatic rings. The Morgan fingerprint density at radius 2 is 2.09 bits per heavy atom. The molecule has 0 bridgehead atoms. The zero-order valence-electron chi connectivity index (χ0n) is 7.10. The molecule has 1 atom stereocenters. The Hall–Kier alpha value is -0.753. The first kappa shape index (κ1) is 8.34. The Morgan fingerprint density at radius 3 is 2.45 bits per heavy atom. The highest BCUT2D eigenvalue weighted by Gasteiger charge is 2.26. The normalized spacial score (nSPS) is 22.8. The van der Waals surface area contributed by atoms with Crippen molar-refractivity contribution in [1.29, 1.82) is 0 Å². The summed E-state index contributed by atoms with van der Waals surface area (Å²) in [6.45, 7) is 6.50. The lowest BCUT2D eigenvalue weighted by Gasteiger charge is -2.20. The summed E-state index contributed by atoms with van der Waals surface area (Å²) >= 11 is 0. The second kappa shape index (κ2) is 2.71. The van der Waals surface area contributed by atoms with Crippen LogP contribution in [0.5, 0.6) is 0 Å². The van der Waals surface area contributed by atoms with Gasteiger partial charge in [-0.2, -0.15) is 0 Å². The van der Waals surface area contributed by atoms with Gasteiger partial charge in [-0.1, -0.05) is 25.6 Å². The largest absolute Gasteiger partial charge is 0.448 e.